The van der Waals surface area contributed by atoms with Crippen LogP contribution in [-0.4, -0.2) is 51.4 Å². The summed E-state index contributed by atoms with van der Waals surface area (Å²) in [7, 11) is 0. The number of hydrogen-bond donors (Lipinski definition) is 0. The molecule has 0 N–H and O–H groups in total. The lowest BCUT2D eigenvalue weighted by Gasteiger charge is -2.34. The molecule has 0 radical (unpaired) electrons. The summed E-state index contributed by atoms with van der Waals surface area (Å²) in [5.41, 5.74) is 1.66. The lowest BCUT2D eigenvalue weighted by molar-refractivity contribution is -0.135. The van der Waals surface area contributed by atoms with Crippen LogP contribution >= 0.6 is 0 Å². The number of aryl methyl sites for hydroxylation is 1. The van der Waals surface area contributed by atoms with Crippen LogP contribution in [0.1, 0.15) is 21.7 Å². The summed E-state index contributed by atoms with van der Waals surface area (Å²) in [6.07, 6.45) is 0. The minimum atomic E-state index is -0.336. The topological polar surface area (TPSA) is 79.5 Å². The fraction of sp³-hybridized carbons (Fsp3) is 0.238. The van der Waals surface area contributed by atoms with Gasteiger partial charge in [-0.15, -0.1) is 0 Å². The number of halogens is 1. The molecule has 1 aromatic heterocycles. The third-order valence-corrected chi connectivity index (χ3v) is 4.78. The van der Waals surface area contributed by atoms with E-state index in [2.05, 4.69) is 10.1 Å². The zero-order valence-corrected chi connectivity index (χ0v) is 15.8. The summed E-state index contributed by atoms with van der Waals surface area (Å²) < 4.78 is 18.6. The molecule has 1 saturated heterocycles. The van der Waals surface area contributed by atoms with Crippen molar-refractivity contribution in [3.63, 3.8) is 0 Å². The van der Waals surface area contributed by atoms with Crippen molar-refractivity contribution in [2.45, 2.75) is 13.5 Å². The van der Waals surface area contributed by atoms with E-state index < -0.39 is 0 Å². The third-order valence-electron chi connectivity index (χ3n) is 4.78. The van der Waals surface area contributed by atoms with Crippen LogP contribution in [0.3, 0.4) is 0 Å². The summed E-state index contributed by atoms with van der Waals surface area (Å²) in [6.45, 7) is 2.75. The Labute approximate surface area is 166 Å². The zero-order valence-electron chi connectivity index (χ0n) is 15.8. The summed E-state index contributed by atoms with van der Waals surface area (Å²) in [4.78, 5) is 33.0. The van der Waals surface area contributed by atoms with Gasteiger partial charge in [-0.3, -0.25) is 9.59 Å². The fourth-order valence-electron chi connectivity index (χ4n) is 3.34. The quantitative estimate of drug-likeness (QED) is 0.680. The van der Waals surface area contributed by atoms with E-state index in [0.29, 0.717) is 36.6 Å². The first-order valence-corrected chi connectivity index (χ1v) is 9.22. The number of hydrogen-bond acceptors (Lipinski definition) is 5. The second-order valence-electron chi connectivity index (χ2n) is 6.86. The minimum absolute atomic E-state index is 0.0364. The molecule has 3 aromatic rings. The zero-order chi connectivity index (χ0) is 20.4. The number of carbonyl (C=O) groups excluding carboxylic acids is 2. The van der Waals surface area contributed by atoms with Crippen LogP contribution in [0.5, 0.6) is 0 Å². The Morgan fingerprint density at radius 2 is 2.00 bits per heavy atom. The molecular formula is C21H19FN4O3. The Morgan fingerprint density at radius 3 is 2.72 bits per heavy atom. The Hall–Kier alpha value is -3.55. The maximum atomic E-state index is 13.4. The Morgan fingerprint density at radius 1 is 1.17 bits per heavy atom. The van der Waals surface area contributed by atoms with E-state index in [-0.39, 0.29) is 30.1 Å². The average molecular weight is 394 g/mol. The number of amides is 2. The molecule has 2 amide bonds. The van der Waals surface area contributed by atoms with Crippen LogP contribution in [0.15, 0.2) is 53.1 Å². The lowest BCUT2D eigenvalue weighted by atomic mass is 10.1. The maximum Gasteiger partial charge on any atom is 0.258 e. The van der Waals surface area contributed by atoms with Gasteiger partial charge in [0.05, 0.1) is 11.1 Å². The smallest absolute Gasteiger partial charge is 0.258 e. The first kappa shape index (κ1) is 18.8. The van der Waals surface area contributed by atoms with Crippen molar-refractivity contribution in [1.29, 1.82) is 0 Å². The Kier molecular flexibility index (Phi) is 5.07. The van der Waals surface area contributed by atoms with Gasteiger partial charge in [0.1, 0.15) is 12.4 Å². The number of rotatable bonds is 4. The van der Waals surface area contributed by atoms with E-state index in [1.54, 1.807) is 48.2 Å². The number of nitrogens with zero attached hydrogens (tertiary/aromatic N) is 4. The number of carbonyl (C=O) groups is 2. The highest BCUT2D eigenvalue weighted by Crippen LogP contribution is 2.24. The molecule has 0 aliphatic carbocycles. The average Bonchev–Trinajstić information content (AvgIpc) is 3.15. The van der Waals surface area contributed by atoms with Gasteiger partial charge < -0.3 is 14.3 Å². The molecule has 1 aliphatic heterocycles. The summed E-state index contributed by atoms with van der Waals surface area (Å²) in [5.74, 6) is -0.0438. The van der Waals surface area contributed by atoms with Gasteiger partial charge in [-0.2, -0.15) is 4.98 Å². The van der Waals surface area contributed by atoms with Crippen LogP contribution in [0, 0.1) is 12.7 Å². The molecule has 8 heteroatoms. The molecule has 4 rings (SSSR count). The van der Waals surface area contributed by atoms with Crippen LogP contribution in [0.4, 0.5) is 4.39 Å². The van der Waals surface area contributed by atoms with Crippen molar-refractivity contribution in [1.82, 2.24) is 19.9 Å². The fourth-order valence-corrected chi connectivity index (χ4v) is 3.34. The first-order chi connectivity index (χ1) is 14.0. The van der Waals surface area contributed by atoms with Crippen molar-refractivity contribution in [2.24, 2.45) is 0 Å². The van der Waals surface area contributed by atoms with Gasteiger partial charge in [0.2, 0.25) is 5.91 Å². The Balaban J connectivity index is 1.49. The number of aromatic nitrogens is 2. The molecule has 0 bridgehead atoms. The highest BCUT2D eigenvalue weighted by molar-refractivity contribution is 6.01. The van der Waals surface area contributed by atoms with Crippen molar-refractivity contribution < 1.29 is 18.5 Å². The molecule has 2 heterocycles. The molecule has 29 heavy (non-hydrogen) atoms. The highest BCUT2D eigenvalue weighted by atomic mass is 19.1. The molecule has 2 aromatic carbocycles. The summed E-state index contributed by atoms with van der Waals surface area (Å²) in [6, 6.07) is 13.1. The third kappa shape index (κ3) is 4.01. The normalized spacial score (nSPS) is 14.3. The van der Waals surface area contributed by atoms with Gasteiger partial charge in [-0.05, 0) is 36.8 Å². The van der Waals surface area contributed by atoms with Gasteiger partial charge in [-0.1, -0.05) is 29.4 Å². The largest absolute Gasteiger partial charge is 0.335 e. The van der Waals surface area contributed by atoms with E-state index in [1.807, 2.05) is 0 Å². The van der Waals surface area contributed by atoms with E-state index >= 15 is 0 Å². The molecule has 0 atom stereocenters. The second kappa shape index (κ2) is 7.83. The number of benzene rings is 2. The minimum Gasteiger partial charge on any atom is -0.335 e. The molecule has 148 valence electrons. The van der Waals surface area contributed by atoms with Gasteiger partial charge in [0.25, 0.3) is 11.8 Å². The van der Waals surface area contributed by atoms with Gasteiger partial charge in [-0.25, -0.2) is 4.39 Å². The van der Waals surface area contributed by atoms with Gasteiger partial charge in [0, 0.05) is 19.6 Å². The van der Waals surface area contributed by atoms with Crippen molar-refractivity contribution in [2.75, 3.05) is 19.6 Å². The molecule has 1 fully saturated rings. The second-order valence-corrected chi connectivity index (χ2v) is 6.86. The van der Waals surface area contributed by atoms with Crippen LogP contribution in [0.25, 0.3) is 11.5 Å². The van der Waals surface area contributed by atoms with Crippen molar-refractivity contribution in [3.8, 4) is 11.5 Å². The molecule has 0 saturated carbocycles. The van der Waals surface area contributed by atoms with Gasteiger partial charge >= 0.3 is 0 Å². The highest BCUT2D eigenvalue weighted by Gasteiger charge is 2.29. The number of piperazine rings is 1. The lowest BCUT2D eigenvalue weighted by Crippen LogP contribution is -2.51. The van der Waals surface area contributed by atoms with E-state index in [4.69, 9.17) is 4.52 Å². The van der Waals surface area contributed by atoms with Gasteiger partial charge in [0.15, 0.2) is 5.82 Å². The van der Waals surface area contributed by atoms with E-state index in [9.17, 15) is 14.0 Å². The molecule has 1 aliphatic rings. The van der Waals surface area contributed by atoms with Crippen LogP contribution < -0.4 is 0 Å². The summed E-state index contributed by atoms with van der Waals surface area (Å²) >= 11 is 0. The van der Waals surface area contributed by atoms with E-state index in [0.717, 1.165) is 5.56 Å². The predicted molar refractivity (Wildman–Crippen MR) is 102 cm³/mol. The molecule has 0 unspecified atom stereocenters. The van der Waals surface area contributed by atoms with Crippen LogP contribution in [0.2, 0.25) is 0 Å². The molecule has 7 nitrogen and oxygen atoms in total. The standard InChI is InChI=1S/C21H19FN4O3/c1-14-23-20(29-24-14)17-7-2-3-8-18(17)21(28)26-10-9-25(19(27)13-26)12-15-5-4-6-16(22)11-15/h2-8,11H,9-10,12-13H2,1H3. The van der Waals surface area contributed by atoms with E-state index in [1.165, 1.54) is 17.0 Å². The van der Waals surface area contributed by atoms with Crippen molar-refractivity contribution >= 4 is 11.8 Å². The molecular weight excluding hydrogens is 375 g/mol. The first-order valence-electron chi connectivity index (χ1n) is 9.22. The maximum absolute atomic E-state index is 13.4. The monoisotopic (exact) mass is 394 g/mol. The van der Waals surface area contributed by atoms with Crippen LogP contribution in [-0.2, 0) is 11.3 Å². The Bertz CT molecular complexity index is 1070. The predicted octanol–water partition coefficient (Wildman–Crippen LogP) is 2.67. The molecule has 0 spiro atoms. The summed E-state index contributed by atoms with van der Waals surface area (Å²) in [5, 5.41) is 3.78. The van der Waals surface area contributed by atoms with Crippen molar-refractivity contribution in [3.05, 3.63) is 71.3 Å². The SMILES string of the molecule is Cc1noc(-c2ccccc2C(=O)N2CCN(Cc3cccc(F)c3)C(=O)C2)n1.